The Labute approximate surface area is 284 Å². The van der Waals surface area contributed by atoms with Crippen LogP contribution in [0, 0.1) is 25.2 Å². The van der Waals surface area contributed by atoms with Gasteiger partial charge in [0.2, 0.25) is 0 Å². The maximum Gasteiger partial charge on any atom is 0.496 e. The number of nitrogens with two attached hydrogens (primary N) is 2. The summed E-state index contributed by atoms with van der Waals surface area (Å²) < 4.78 is 12.8. The van der Waals surface area contributed by atoms with Crippen LogP contribution in [0.25, 0.3) is 21.7 Å². The Morgan fingerprint density at radius 1 is 0.773 bits per heavy atom. The first-order chi connectivity index (χ1) is 19.8. The van der Waals surface area contributed by atoms with Crippen molar-refractivity contribution >= 4 is 61.7 Å². The smallest absolute Gasteiger partial charge is 0.399 e. The van der Waals surface area contributed by atoms with Gasteiger partial charge < -0.3 is 20.8 Å². The fourth-order valence-electron chi connectivity index (χ4n) is 4.50. The molecular formula is C35H40BBrN4O2Pd. The van der Waals surface area contributed by atoms with Crippen LogP contribution in [-0.4, -0.2) is 23.3 Å². The molecule has 6 rings (SSSR count). The summed E-state index contributed by atoms with van der Waals surface area (Å²) in [5.74, 6) is 0.604. The van der Waals surface area contributed by atoms with E-state index in [1.807, 2.05) is 95.3 Å². The Balaban J connectivity index is 0.000000235. The summed E-state index contributed by atoms with van der Waals surface area (Å²) in [6, 6.07) is 29.8. The molecule has 0 aliphatic carbocycles. The van der Waals surface area contributed by atoms with Gasteiger partial charge in [-0.3, -0.25) is 0 Å². The zero-order valence-corrected chi connectivity index (χ0v) is 28.4. The van der Waals surface area contributed by atoms with E-state index in [0.717, 1.165) is 26.5 Å². The Morgan fingerprint density at radius 3 is 1.91 bits per heavy atom. The zero-order chi connectivity index (χ0) is 30.7. The van der Waals surface area contributed by atoms with Gasteiger partial charge in [0.05, 0.1) is 28.4 Å². The number of aromatic nitrogens is 1. The van der Waals surface area contributed by atoms with Crippen molar-refractivity contribution in [3.8, 4) is 6.07 Å². The molecule has 44 heavy (non-hydrogen) atoms. The monoisotopic (exact) mass is 744 g/mol. The Bertz CT molecular complexity index is 1770. The van der Waals surface area contributed by atoms with E-state index in [1.165, 1.54) is 21.9 Å². The number of aryl methyl sites for hydroxylation is 2. The van der Waals surface area contributed by atoms with Gasteiger partial charge in [0.25, 0.3) is 0 Å². The van der Waals surface area contributed by atoms with Crippen LogP contribution < -0.4 is 16.9 Å². The maximum atomic E-state index is 9.08. The van der Waals surface area contributed by atoms with Crippen LogP contribution in [0.5, 0.6) is 0 Å². The first-order valence-electron chi connectivity index (χ1n) is 13.7. The number of benzene rings is 4. The van der Waals surface area contributed by atoms with Gasteiger partial charge in [-0.25, -0.2) is 4.98 Å². The molecule has 1 aromatic heterocycles. The molecule has 0 bridgehead atoms. The second kappa shape index (κ2) is 15.2. The second-order valence-corrected chi connectivity index (χ2v) is 12.2. The van der Waals surface area contributed by atoms with Crippen LogP contribution in [0.4, 0.5) is 11.5 Å². The number of halogens is 1. The number of hydrogen-bond donors (Lipinski definition) is 2. The van der Waals surface area contributed by atoms with Crippen LogP contribution in [0.3, 0.4) is 0 Å². The molecule has 5 aromatic rings. The summed E-state index contributed by atoms with van der Waals surface area (Å²) in [5, 5.41) is 12.5. The number of nitrogens with zero attached hydrogens (tertiary/aromatic N) is 2. The third-order valence-electron chi connectivity index (χ3n) is 7.63. The molecule has 1 aliphatic rings. The van der Waals surface area contributed by atoms with Gasteiger partial charge in [-0.1, -0.05) is 67.6 Å². The van der Waals surface area contributed by atoms with Gasteiger partial charge in [-0.15, -0.1) is 0 Å². The summed E-state index contributed by atoms with van der Waals surface area (Å²) in [7, 11) is -0.462. The van der Waals surface area contributed by atoms with Crippen molar-refractivity contribution in [1.29, 1.82) is 5.26 Å². The summed E-state index contributed by atoms with van der Waals surface area (Å²) in [6.07, 6.45) is 0. The average Bonchev–Trinajstić information content (AvgIpc) is 3.18. The molecule has 0 atom stereocenters. The molecule has 6 nitrogen and oxygen atoms in total. The summed E-state index contributed by atoms with van der Waals surface area (Å²) in [5.41, 5.74) is 16.4. The molecule has 232 valence electrons. The first-order valence-corrected chi connectivity index (χ1v) is 14.5. The number of pyridine rings is 1. The molecule has 1 fully saturated rings. The van der Waals surface area contributed by atoms with Crippen LogP contribution in [0.2, 0.25) is 0 Å². The van der Waals surface area contributed by atoms with Crippen LogP contribution in [-0.2, 0) is 29.7 Å². The fourth-order valence-corrected chi connectivity index (χ4v) is 4.99. The van der Waals surface area contributed by atoms with Crippen molar-refractivity contribution in [2.45, 2.75) is 60.2 Å². The van der Waals surface area contributed by atoms with Crippen molar-refractivity contribution in [3.05, 3.63) is 106 Å². The van der Waals surface area contributed by atoms with Gasteiger partial charge in [0.1, 0.15) is 5.82 Å². The number of anilines is 2. The minimum Gasteiger partial charge on any atom is -0.399 e. The van der Waals surface area contributed by atoms with Crippen LogP contribution in [0.15, 0.2) is 89.4 Å². The van der Waals surface area contributed by atoms with Crippen molar-refractivity contribution in [3.63, 3.8) is 0 Å². The van der Waals surface area contributed by atoms with Gasteiger partial charge in [0.15, 0.2) is 0 Å². The SMILES string of the molecule is C.CC1(C)OB(c2ccccc2C#N)OC1(C)C.Cc1ccc(N)c(Br)c1.Cc1ccc2nc(N)c3ccccc3c2c1.[Pd]. The number of nitriles is 1. The molecule has 0 spiro atoms. The Kier molecular flexibility index (Phi) is 12.7. The normalized spacial score (nSPS) is 14.2. The molecule has 0 saturated carbocycles. The van der Waals surface area contributed by atoms with Crippen LogP contribution >= 0.6 is 15.9 Å². The predicted octanol–water partition coefficient (Wildman–Crippen LogP) is 8.11. The minimum absolute atomic E-state index is 0. The molecule has 4 N–H and O–H groups in total. The summed E-state index contributed by atoms with van der Waals surface area (Å²) >= 11 is 3.32. The molecular weight excluding hydrogens is 706 g/mol. The third-order valence-corrected chi connectivity index (χ3v) is 8.32. The maximum absolute atomic E-state index is 9.08. The van der Waals surface area contributed by atoms with E-state index < -0.39 is 7.12 Å². The van der Waals surface area contributed by atoms with E-state index in [-0.39, 0.29) is 39.1 Å². The molecule has 9 heteroatoms. The topological polar surface area (TPSA) is 107 Å². The van der Waals surface area contributed by atoms with Gasteiger partial charge in [-0.05, 0) is 98.8 Å². The first kappa shape index (κ1) is 37.0. The molecule has 4 aromatic carbocycles. The van der Waals surface area contributed by atoms with E-state index in [9.17, 15) is 0 Å². The van der Waals surface area contributed by atoms with Gasteiger partial charge >= 0.3 is 7.12 Å². The third kappa shape index (κ3) is 8.27. The van der Waals surface area contributed by atoms with Crippen molar-refractivity contribution in [2.75, 3.05) is 11.5 Å². The van der Waals surface area contributed by atoms with Crippen molar-refractivity contribution < 1.29 is 29.7 Å². The van der Waals surface area contributed by atoms with Crippen LogP contribution in [0.1, 0.15) is 51.8 Å². The quantitative estimate of drug-likeness (QED) is 0.102. The van der Waals surface area contributed by atoms with E-state index in [4.69, 9.17) is 26.0 Å². The predicted molar refractivity (Wildman–Crippen MR) is 185 cm³/mol. The summed E-state index contributed by atoms with van der Waals surface area (Å²) in [6.45, 7) is 12.1. The van der Waals surface area contributed by atoms with E-state index in [1.54, 1.807) is 6.07 Å². The van der Waals surface area contributed by atoms with E-state index >= 15 is 0 Å². The minimum atomic E-state index is -0.462. The number of rotatable bonds is 1. The molecule has 0 amide bonds. The Hall–Kier alpha value is -3.23. The molecule has 1 saturated heterocycles. The van der Waals surface area contributed by atoms with Crippen molar-refractivity contribution in [2.24, 2.45) is 0 Å². The Morgan fingerprint density at radius 2 is 1.32 bits per heavy atom. The van der Waals surface area contributed by atoms with Crippen molar-refractivity contribution in [1.82, 2.24) is 4.98 Å². The standard InChI is InChI=1S/C14H12N2.C13H16BNO2.C7H8BrN.CH4.Pd/c1-9-6-7-13-12(8-9)10-4-2-3-5-11(10)14(15)16-13;1-12(2)13(3,4)17-14(16-12)11-8-6-5-7-10(11)9-15;1-5-2-3-7(9)6(8)4-5;;/h2-8H,1H3,(H2,15,16);5-8H,1-4H3;2-4H,9H2,1H3;1H4;. The fraction of sp³-hybridized carbons (Fsp3) is 0.257. The number of hydrogen-bond acceptors (Lipinski definition) is 6. The molecule has 0 radical (unpaired) electrons. The molecule has 1 aliphatic heterocycles. The van der Waals surface area contributed by atoms with E-state index in [0.29, 0.717) is 11.4 Å². The molecule has 0 unspecified atom stereocenters. The number of nitrogen functional groups attached to an aromatic ring is 2. The second-order valence-electron chi connectivity index (χ2n) is 11.4. The largest absolute Gasteiger partial charge is 0.496 e. The summed E-state index contributed by atoms with van der Waals surface area (Å²) in [4.78, 5) is 4.42. The van der Waals surface area contributed by atoms with Gasteiger partial charge in [0, 0.05) is 46.8 Å². The zero-order valence-electron chi connectivity index (χ0n) is 25.2. The van der Waals surface area contributed by atoms with E-state index in [2.05, 4.69) is 52.1 Å². The number of fused-ring (bicyclic) bond motifs is 3. The molecule has 2 heterocycles. The average molecular weight is 746 g/mol. The van der Waals surface area contributed by atoms with Gasteiger partial charge in [-0.2, -0.15) is 5.26 Å².